The Kier molecular flexibility index (Phi) is 6.38. The SMILES string of the molecule is CN(C)C(CNC(=O)COc1ccc(F)c(Cl)c1)c1cccs1. The normalized spacial score (nSPS) is 12.2. The fourth-order valence-electron chi connectivity index (χ4n) is 2.00. The van der Waals surface area contributed by atoms with Crippen molar-refractivity contribution < 1.29 is 13.9 Å². The summed E-state index contributed by atoms with van der Waals surface area (Å²) in [7, 11) is 3.93. The number of rotatable bonds is 7. The first kappa shape index (κ1) is 17.7. The van der Waals surface area contributed by atoms with Crippen molar-refractivity contribution in [3.8, 4) is 5.75 Å². The molecule has 1 amide bonds. The Morgan fingerprint density at radius 1 is 1.43 bits per heavy atom. The van der Waals surface area contributed by atoms with Crippen molar-refractivity contribution in [3.05, 3.63) is 51.4 Å². The van der Waals surface area contributed by atoms with E-state index in [4.69, 9.17) is 16.3 Å². The quantitative estimate of drug-likeness (QED) is 0.827. The molecule has 4 nitrogen and oxygen atoms in total. The second-order valence-corrected chi connectivity index (χ2v) is 6.55. The zero-order valence-corrected chi connectivity index (χ0v) is 14.5. The smallest absolute Gasteiger partial charge is 0.258 e. The Balaban J connectivity index is 1.83. The summed E-state index contributed by atoms with van der Waals surface area (Å²) in [6, 6.07) is 8.12. The summed E-state index contributed by atoms with van der Waals surface area (Å²) in [5.41, 5.74) is 0. The minimum absolute atomic E-state index is 0.0340. The average molecular weight is 357 g/mol. The molecule has 0 aliphatic heterocycles. The molecule has 2 aromatic rings. The van der Waals surface area contributed by atoms with E-state index in [-0.39, 0.29) is 23.6 Å². The van der Waals surface area contributed by atoms with Crippen LogP contribution in [0.2, 0.25) is 5.02 Å². The number of nitrogens with zero attached hydrogens (tertiary/aromatic N) is 1. The van der Waals surface area contributed by atoms with E-state index in [9.17, 15) is 9.18 Å². The Bertz CT molecular complexity index is 650. The number of hydrogen-bond acceptors (Lipinski definition) is 4. The number of nitrogens with one attached hydrogen (secondary N) is 1. The Morgan fingerprint density at radius 2 is 2.22 bits per heavy atom. The molecule has 0 fully saturated rings. The van der Waals surface area contributed by atoms with Crippen LogP contribution in [-0.4, -0.2) is 38.1 Å². The average Bonchev–Trinajstić information content (AvgIpc) is 3.02. The number of ether oxygens (including phenoxy) is 1. The van der Waals surface area contributed by atoms with Gasteiger partial charge in [0.1, 0.15) is 11.6 Å². The van der Waals surface area contributed by atoms with Gasteiger partial charge in [-0.25, -0.2) is 4.39 Å². The number of thiophene rings is 1. The maximum atomic E-state index is 13.0. The highest BCUT2D eigenvalue weighted by atomic mass is 35.5. The summed E-state index contributed by atoms with van der Waals surface area (Å²) in [6.45, 7) is 0.340. The van der Waals surface area contributed by atoms with Gasteiger partial charge in [-0.2, -0.15) is 0 Å². The van der Waals surface area contributed by atoms with Crippen molar-refractivity contribution in [3.63, 3.8) is 0 Å². The van der Waals surface area contributed by atoms with E-state index >= 15 is 0 Å². The minimum atomic E-state index is -0.520. The molecule has 0 spiro atoms. The molecule has 0 saturated heterocycles. The van der Waals surface area contributed by atoms with Gasteiger partial charge in [0.2, 0.25) is 0 Å². The topological polar surface area (TPSA) is 41.6 Å². The molecule has 1 N–H and O–H groups in total. The Hall–Kier alpha value is -1.63. The Labute approximate surface area is 143 Å². The van der Waals surface area contributed by atoms with Crippen molar-refractivity contribution >= 4 is 28.8 Å². The van der Waals surface area contributed by atoms with E-state index in [1.807, 2.05) is 36.5 Å². The maximum absolute atomic E-state index is 13.0. The molecule has 7 heteroatoms. The first-order valence-corrected chi connectivity index (χ1v) is 8.27. The monoisotopic (exact) mass is 356 g/mol. The third-order valence-corrected chi connectivity index (χ3v) is 4.51. The molecule has 0 radical (unpaired) electrons. The van der Waals surface area contributed by atoms with E-state index in [1.165, 1.54) is 23.1 Å². The molecule has 124 valence electrons. The van der Waals surface area contributed by atoms with Gasteiger partial charge in [-0.3, -0.25) is 4.79 Å². The number of carbonyl (C=O) groups excluding carboxylic acids is 1. The van der Waals surface area contributed by atoms with Crippen LogP contribution in [0.15, 0.2) is 35.7 Å². The van der Waals surface area contributed by atoms with Crippen LogP contribution in [-0.2, 0) is 4.79 Å². The van der Waals surface area contributed by atoms with E-state index < -0.39 is 5.82 Å². The second kappa shape index (κ2) is 8.29. The number of amides is 1. The molecule has 0 aliphatic carbocycles. The van der Waals surface area contributed by atoms with Gasteiger partial charge in [0.05, 0.1) is 11.1 Å². The van der Waals surface area contributed by atoms with Gasteiger partial charge in [-0.1, -0.05) is 17.7 Å². The molecule has 1 heterocycles. The second-order valence-electron chi connectivity index (χ2n) is 5.16. The fraction of sp³-hybridized carbons (Fsp3) is 0.312. The highest BCUT2D eigenvalue weighted by Gasteiger charge is 2.16. The first-order valence-electron chi connectivity index (χ1n) is 7.01. The molecule has 1 unspecified atom stereocenters. The van der Waals surface area contributed by atoms with Crippen molar-refractivity contribution in [2.45, 2.75) is 6.04 Å². The van der Waals surface area contributed by atoms with Crippen LogP contribution >= 0.6 is 22.9 Å². The minimum Gasteiger partial charge on any atom is -0.484 e. The number of carbonyl (C=O) groups is 1. The summed E-state index contributed by atoms with van der Waals surface area (Å²) in [5, 5.41) is 4.82. The van der Waals surface area contributed by atoms with E-state index in [0.29, 0.717) is 12.3 Å². The van der Waals surface area contributed by atoms with Crippen LogP contribution in [0, 0.1) is 5.82 Å². The van der Waals surface area contributed by atoms with E-state index in [2.05, 4.69) is 5.32 Å². The lowest BCUT2D eigenvalue weighted by Crippen LogP contribution is -2.36. The van der Waals surface area contributed by atoms with Gasteiger partial charge in [0, 0.05) is 17.5 Å². The van der Waals surface area contributed by atoms with Gasteiger partial charge < -0.3 is 15.0 Å². The number of likely N-dealkylation sites (N-methyl/N-ethyl adjacent to an activating group) is 1. The molecule has 0 aliphatic rings. The molecular weight excluding hydrogens is 339 g/mol. The van der Waals surface area contributed by atoms with E-state index in [0.717, 1.165) is 0 Å². The molecule has 0 saturated carbocycles. The summed E-state index contributed by atoms with van der Waals surface area (Å²) in [6.07, 6.45) is 0. The van der Waals surface area contributed by atoms with Crippen LogP contribution in [0.3, 0.4) is 0 Å². The molecule has 0 bridgehead atoms. The lowest BCUT2D eigenvalue weighted by molar-refractivity contribution is -0.123. The Morgan fingerprint density at radius 3 is 2.83 bits per heavy atom. The molecule has 1 aromatic carbocycles. The standard InChI is InChI=1S/C16H18ClFN2O2S/c1-20(2)14(15-4-3-7-23-15)9-19-16(21)10-22-11-5-6-13(18)12(17)8-11/h3-8,14H,9-10H2,1-2H3,(H,19,21). The predicted octanol–water partition coefficient (Wildman–Crippen LogP) is 3.34. The van der Waals surface area contributed by atoms with Gasteiger partial charge in [-0.05, 0) is 37.7 Å². The highest BCUT2D eigenvalue weighted by Crippen LogP contribution is 2.22. The lowest BCUT2D eigenvalue weighted by Gasteiger charge is -2.23. The third kappa shape index (κ3) is 5.20. The van der Waals surface area contributed by atoms with Crippen molar-refractivity contribution in [1.29, 1.82) is 0 Å². The molecule has 23 heavy (non-hydrogen) atoms. The first-order chi connectivity index (χ1) is 11.0. The molecule has 1 atom stereocenters. The van der Waals surface area contributed by atoms with Crippen molar-refractivity contribution in [1.82, 2.24) is 10.2 Å². The number of benzene rings is 1. The fourth-order valence-corrected chi connectivity index (χ4v) is 3.09. The summed E-state index contributed by atoms with van der Waals surface area (Å²) >= 11 is 7.31. The molecule has 1 aromatic heterocycles. The number of halogens is 2. The van der Waals surface area contributed by atoms with Crippen LogP contribution in [0.4, 0.5) is 4.39 Å². The van der Waals surface area contributed by atoms with Gasteiger partial charge in [0.25, 0.3) is 5.91 Å². The highest BCUT2D eigenvalue weighted by molar-refractivity contribution is 7.10. The van der Waals surface area contributed by atoms with Gasteiger partial charge in [-0.15, -0.1) is 11.3 Å². The maximum Gasteiger partial charge on any atom is 0.258 e. The summed E-state index contributed by atoms with van der Waals surface area (Å²) < 4.78 is 18.4. The summed E-state index contributed by atoms with van der Waals surface area (Å²) in [4.78, 5) is 15.1. The van der Waals surface area contributed by atoms with E-state index in [1.54, 1.807) is 11.3 Å². The molecule has 2 rings (SSSR count). The largest absolute Gasteiger partial charge is 0.484 e. The molecular formula is C16H18ClFN2O2S. The van der Waals surface area contributed by atoms with Gasteiger partial charge >= 0.3 is 0 Å². The van der Waals surface area contributed by atoms with Gasteiger partial charge in [0.15, 0.2) is 6.61 Å². The zero-order chi connectivity index (χ0) is 16.8. The lowest BCUT2D eigenvalue weighted by atomic mass is 10.2. The zero-order valence-electron chi connectivity index (χ0n) is 12.9. The summed E-state index contributed by atoms with van der Waals surface area (Å²) in [5.74, 6) is -0.406. The predicted molar refractivity (Wildman–Crippen MR) is 90.7 cm³/mol. The van der Waals surface area contributed by atoms with Crippen LogP contribution < -0.4 is 10.1 Å². The number of hydrogen-bond donors (Lipinski definition) is 1. The van der Waals surface area contributed by atoms with Crippen LogP contribution in [0.25, 0.3) is 0 Å². The van der Waals surface area contributed by atoms with Crippen LogP contribution in [0.1, 0.15) is 10.9 Å². The van der Waals surface area contributed by atoms with Crippen molar-refractivity contribution in [2.75, 3.05) is 27.2 Å². The third-order valence-electron chi connectivity index (χ3n) is 3.25. The van der Waals surface area contributed by atoms with Crippen LogP contribution in [0.5, 0.6) is 5.75 Å². The van der Waals surface area contributed by atoms with Crippen molar-refractivity contribution in [2.24, 2.45) is 0 Å².